The third kappa shape index (κ3) is 3.74. The smallest absolute Gasteiger partial charge is 0.406 e. The lowest BCUT2D eigenvalue weighted by Gasteiger charge is -2.10. The molecule has 1 heterocycles. The molecule has 1 amide bonds. The zero-order valence-electron chi connectivity index (χ0n) is 10.1. The van der Waals surface area contributed by atoms with Gasteiger partial charge in [-0.25, -0.2) is 4.98 Å². The summed E-state index contributed by atoms with van der Waals surface area (Å²) in [7, 11) is 0. The lowest BCUT2D eigenvalue weighted by molar-refractivity contribution is -0.274. The maximum absolute atomic E-state index is 12.1. The Morgan fingerprint density at radius 1 is 1.40 bits per heavy atom. The van der Waals surface area contributed by atoms with E-state index in [9.17, 15) is 18.0 Å². The topological polar surface area (TPSA) is 70.1 Å². The number of primary amides is 1. The number of benzene rings is 1. The first kappa shape index (κ1) is 13.9. The summed E-state index contributed by atoms with van der Waals surface area (Å²) >= 11 is 0. The van der Waals surface area contributed by atoms with Gasteiger partial charge in [0, 0.05) is 12.3 Å². The van der Waals surface area contributed by atoms with Gasteiger partial charge in [-0.15, -0.1) is 13.2 Å². The molecule has 1 aromatic heterocycles. The molecule has 0 saturated heterocycles. The van der Waals surface area contributed by atoms with Crippen LogP contribution >= 0.6 is 0 Å². The Morgan fingerprint density at radius 2 is 2.15 bits per heavy atom. The monoisotopic (exact) mass is 285 g/mol. The van der Waals surface area contributed by atoms with Crippen LogP contribution in [0.3, 0.4) is 0 Å². The van der Waals surface area contributed by atoms with Crippen LogP contribution in [0.2, 0.25) is 0 Å². The number of alkyl halides is 3. The Balaban J connectivity index is 2.22. The molecule has 2 rings (SSSR count). The molecule has 0 bridgehead atoms. The molecular formula is C12H10F3N3O2. The summed E-state index contributed by atoms with van der Waals surface area (Å²) in [6.07, 6.45) is -1.89. The van der Waals surface area contributed by atoms with Crippen molar-refractivity contribution in [1.29, 1.82) is 0 Å². The second-order valence-corrected chi connectivity index (χ2v) is 3.96. The second kappa shape index (κ2) is 5.24. The van der Waals surface area contributed by atoms with Crippen molar-refractivity contribution in [3.05, 3.63) is 42.5 Å². The Kier molecular flexibility index (Phi) is 3.64. The van der Waals surface area contributed by atoms with E-state index in [0.29, 0.717) is 11.4 Å². The van der Waals surface area contributed by atoms with Gasteiger partial charge in [0.15, 0.2) is 0 Å². The van der Waals surface area contributed by atoms with E-state index >= 15 is 0 Å². The van der Waals surface area contributed by atoms with Crippen molar-refractivity contribution in [3.8, 4) is 11.4 Å². The van der Waals surface area contributed by atoms with E-state index < -0.39 is 12.3 Å². The lowest BCUT2D eigenvalue weighted by Crippen LogP contribution is -2.17. The number of carbonyl (C=O) groups excluding carboxylic acids is 1. The molecule has 106 valence electrons. The van der Waals surface area contributed by atoms with E-state index in [0.717, 1.165) is 0 Å². The Labute approximate surface area is 111 Å². The molecule has 0 unspecified atom stereocenters. The molecule has 5 nitrogen and oxygen atoms in total. The van der Waals surface area contributed by atoms with E-state index in [1.165, 1.54) is 35.3 Å². The van der Waals surface area contributed by atoms with Crippen LogP contribution in [0, 0.1) is 0 Å². The maximum Gasteiger partial charge on any atom is 0.573 e. The summed E-state index contributed by atoms with van der Waals surface area (Å²) in [5, 5.41) is 0. The van der Waals surface area contributed by atoms with Gasteiger partial charge in [0.2, 0.25) is 5.91 Å². The van der Waals surface area contributed by atoms with Gasteiger partial charge in [-0.1, -0.05) is 6.07 Å². The highest BCUT2D eigenvalue weighted by molar-refractivity contribution is 5.76. The van der Waals surface area contributed by atoms with E-state index in [4.69, 9.17) is 5.73 Å². The first-order valence-electron chi connectivity index (χ1n) is 5.51. The third-order valence-corrected chi connectivity index (χ3v) is 2.34. The van der Waals surface area contributed by atoms with Gasteiger partial charge < -0.3 is 15.0 Å². The number of nitrogens with two attached hydrogens (primary N) is 1. The largest absolute Gasteiger partial charge is 0.573 e. The van der Waals surface area contributed by atoms with E-state index in [-0.39, 0.29) is 12.2 Å². The average molecular weight is 285 g/mol. The predicted octanol–water partition coefficient (Wildman–Crippen LogP) is 1.80. The minimum atomic E-state index is -4.75. The third-order valence-electron chi connectivity index (χ3n) is 2.34. The summed E-state index contributed by atoms with van der Waals surface area (Å²) in [6.45, 7) is 0. The zero-order valence-corrected chi connectivity index (χ0v) is 10.1. The minimum absolute atomic E-state index is 0.0360. The normalized spacial score (nSPS) is 11.3. The van der Waals surface area contributed by atoms with Crippen LogP contribution in [-0.4, -0.2) is 21.8 Å². The number of aromatic nitrogens is 2. The summed E-state index contributed by atoms with van der Waals surface area (Å²) in [5.41, 5.74) is 5.89. The number of amides is 1. The van der Waals surface area contributed by atoms with Crippen molar-refractivity contribution in [2.75, 3.05) is 0 Å². The van der Waals surface area contributed by atoms with Crippen molar-refractivity contribution < 1.29 is 22.7 Å². The van der Waals surface area contributed by atoms with Gasteiger partial charge in [-0.2, -0.15) is 0 Å². The molecule has 0 fully saturated rings. The highest BCUT2D eigenvalue weighted by Gasteiger charge is 2.31. The van der Waals surface area contributed by atoms with Crippen LogP contribution in [0.15, 0.2) is 36.8 Å². The second-order valence-electron chi connectivity index (χ2n) is 3.96. The van der Waals surface area contributed by atoms with Crippen LogP contribution in [-0.2, 0) is 11.2 Å². The molecule has 0 saturated carbocycles. The number of nitrogens with zero attached hydrogens (tertiary/aromatic N) is 2. The van der Waals surface area contributed by atoms with Crippen LogP contribution < -0.4 is 10.5 Å². The number of carbonyl (C=O) groups is 1. The molecule has 0 aliphatic rings. The minimum Gasteiger partial charge on any atom is -0.406 e. The van der Waals surface area contributed by atoms with Crippen LogP contribution in [0.4, 0.5) is 13.2 Å². The SMILES string of the molecule is NC(=O)Cc1cn(-c2cccc(OC(F)(F)F)c2)cn1. The molecule has 2 N–H and O–H groups in total. The number of imidazole rings is 1. The molecule has 0 radical (unpaired) electrons. The van der Waals surface area contributed by atoms with E-state index in [1.54, 1.807) is 6.07 Å². The Bertz CT molecular complexity index is 622. The van der Waals surface area contributed by atoms with Gasteiger partial charge >= 0.3 is 6.36 Å². The molecule has 1 aromatic carbocycles. The average Bonchev–Trinajstić information content (AvgIpc) is 2.74. The van der Waals surface area contributed by atoms with Crippen molar-refractivity contribution >= 4 is 5.91 Å². The molecule has 0 spiro atoms. The number of halogens is 3. The number of hydrogen-bond acceptors (Lipinski definition) is 3. The van der Waals surface area contributed by atoms with Gasteiger partial charge in [-0.05, 0) is 12.1 Å². The summed E-state index contributed by atoms with van der Waals surface area (Å²) in [6, 6.07) is 5.41. The molecule has 0 aliphatic heterocycles. The predicted molar refractivity (Wildman–Crippen MR) is 63.1 cm³/mol. The molecule has 20 heavy (non-hydrogen) atoms. The summed E-state index contributed by atoms with van der Waals surface area (Å²) < 4.78 is 41.7. The van der Waals surface area contributed by atoms with Crippen molar-refractivity contribution in [2.45, 2.75) is 12.8 Å². The first-order valence-corrected chi connectivity index (χ1v) is 5.51. The number of hydrogen-bond donors (Lipinski definition) is 1. The van der Waals surface area contributed by atoms with Crippen LogP contribution in [0.1, 0.15) is 5.69 Å². The standard InChI is InChI=1S/C12H10F3N3O2/c13-12(14,15)20-10-3-1-2-9(5-10)18-6-8(17-7-18)4-11(16)19/h1-3,5-7H,4H2,(H2,16,19). The highest BCUT2D eigenvalue weighted by Crippen LogP contribution is 2.24. The van der Waals surface area contributed by atoms with Crippen LogP contribution in [0.25, 0.3) is 5.69 Å². The van der Waals surface area contributed by atoms with Gasteiger partial charge in [0.05, 0.1) is 24.1 Å². The maximum atomic E-state index is 12.1. The zero-order chi connectivity index (χ0) is 14.8. The Hall–Kier alpha value is -2.51. The van der Waals surface area contributed by atoms with Crippen molar-refractivity contribution in [1.82, 2.24) is 9.55 Å². The molecule has 2 aromatic rings. The Morgan fingerprint density at radius 3 is 2.80 bits per heavy atom. The van der Waals surface area contributed by atoms with Crippen LogP contribution in [0.5, 0.6) is 5.75 Å². The molecule has 0 atom stereocenters. The highest BCUT2D eigenvalue weighted by atomic mass is 19.4. The van der Waals surface area contributed by atoms with Gasteiger partial charge in [0.25, 0.3) is 0 Å². The van der Waals surface area contributed by atoms with Crippen molar-refractivity contribution in [2.24, 2.45) is 5.73 Å². The quantitative estimate of drug-likeness (QED) is 0.931. The van der Waals surface area contributed by atoms with Gasteiger partial charge in [-0.3, -0.25) is 4.79 Å². The number of rotatable bonds is 4. The summed E-state index contributed by atoms with van der Waals surface area (Å²) in [5.74, 6) is -0.871. The fraction of sp³-hybridized carbons (Fsp3) is 0.167. The molecular weight excluding hydrogens is 275 g/mol. The van der Waals surface area contributed by atoms with Gasteiger partial charge in [0.1, 0.15) is 5.75 Å². The molecule has 8 heteroatoms. The van der Waals surface area contributed by atoms with E-state index in [2.05, 4.69) is 9.72 Å². The first-order chi connectivity index (χ1) is 9.33. The molecule has 0 aliphatic carbocycles. The fourth-order valence-corrected chi connectivity index (χ4v) is 1.62. The number of ether oxygens (including phenoxy) is 1. The van der Waals surface area contributed by atoms with E-state index in [1.807, 2.05) is 0 Å². The fourth-order valence-electron chi connectivity index (χ4n) is 1.62. The van der Waals surface area contributed by atoms with Crippen molar-refractivity contribution in [3.63, 3.8) is 0 Å². The summed E-state index contributed by atoms with van der Waals surface area (Å²) in [4.78, 5) is 14.7. The lowest BCUT2D eigenvalue weighted by atomic mass is 10.3.